The van der Waals surface area contributed by atoms with Gasteiger partial charge in [0.25, 0.3) is 0 Å². The summed E-state index contributed by atoms with van der Waals surface area (Å²) < 4.78 is 6.32. The first kappa shape index (κ1) is 15.8. The number of benzene rings is 3. The second-order valence-corrected chi connectivity index (χ2v) is 7.38. The molecule has 0 aliphatic carbocycles. The molecule has 0 bridgehead atoms. The third-order valence-corrected chi connectivity index (χ3v) is 5.73. The van der Waals surface area contributed by atoms with Crippen molar-refractivity contribution in [2.75, 3.05) is 13.1 Å². The second kappa shape index (κ2) is 6.71. The fourth-order valence-corrected chi connectivity index (χ4v) is 4.48. The first-order chi connectivity index (χ1) is 12.9. The van der Waals surface area contributed by atoms with Crippen LogP contribution in [-0.4, -0.2) is 24.1 Å². The van der Waals surface area contributed by atoms with Crippen LogP contribution in [-0.2, 0) is 17.9 Å². The summed E-state index contributed by atoms with van der Waals surface area (Å²) >= 11 is 0. The van der Waals surface area contributed by atoms with Gasteiger partial charge in [0.2, 0.25) is 0 Å². The van der Waals surface area contributed by atoms with E-state index in [1.54, 1.807) is 0 Å². The van der Waals surface area contributed by atoms with Crippen molar-refractivity contribution in [2.45, 2.75) is 25.2 Å². The van der Waals surface area contributed by atoms with E-state index in [1.807, 2.05) is 0 Å². The normalized spacial score (nSPS) is 22.0. The highest BCUT2D eigenvalue weighted by Gasteiger charge is 2.39. The summed E-state index contributed by atoms with van der Waals surface area (Å²) in [6.07, 6.45) is 0.317. The lowest BCUT2D eigenvalue weighted by atomic mass is 9.85. The molecule has 5 rings (SSSR count). The van der Waals surface area contributed by atoms with Crippen LogP contribution in [0.15, 0.2) is 78.9 Å². The minimum absolute atomic E-state index is 0.317. The van der Waals surface area contributed by atoms with Crippen molar-refractivity contribution >= 4 is 0 Å². The van der Waals surface area contributed by atoms with E-state index in [0.717, 1.165) is 26.2 Å². The van der Waals surface area contributed by atoms with Crippen LogP contribution in [0.4, 0.5) is 0 Å². The first-order valence-electron chi connectivity index (χ1n) is 9.43. The predicted molar refractivity (Wildman–Crippen MR) is 105 cm³/mol. The highest BCUT2D eigenvalue weighted by atomic mass is 16.5. The molecular weight excluding hydrogens is 318 g/mol. The molecule has 2 aliphatic rings. The zero-order valence-corrected chi connectivity index (χ0v) is 14.8. The van der Waals surface area contributed by atoms with E-state index in [4.69, 9.17) is 4.74 Å². The van der Waals surface area contributed by atoms with Crippen LogP contribution < -0.4 is 0 Å². The monoisotopic (exact) mass is 341 g/mol. The zero-order chi connectivity index (χ0) is 17.3. The average molecular weight is 341 g/mol. The minimum Gasteiger partial charge on any atom is -0.371 e. The number of hydrogen-bond acceptors (Lipinski definition) is 2. The highest BCUT2D eigenvalue weighted by Crippen LogP contribution is 2.40. The van der Waals surface area contributed by atoms with Gasteiger partial charge in [-0.2, -0.15) is 0 Å². The van der Waals surface area contributed by atoms with Crippen LogP contribution in [0, 0.1) is 0 Å². The Labute approximate surface area is 155 Å². The first-order valence-corrected chi connectivity index (χ1v) is 9.43. The molecule has 0 amide bonds. The molecule has 0 radical (unpaired) electrons. The third kappa shape index (κ3) is 2.86. The molecule has 2 nitrogen and oxygen atoms in total. The summed E-state index contributed by atoms with van der Waals surface area (Å²) in [6, 6.07) is 28.2. The summed E-state index contributed by atoms with van der Waals surface area (Å²) in [5, 5.41) is 0. The Morgan fingerprint density at radius 2 is 1.58 bits per heavy atom. The van der Waals surface area contributed by atoms with Gasteiger partial charge in [-0.05, 0) is 27.8 Å². The van der Waals surface area contributed by atoms with Gasteiger partial charge < -0.3 is 4.74 Å². The van der Waals surface area contributed by atoms with Crippen LogP contribution in [0.25, 0.3) is 11.1 Å². The highest BCUT2D eigenvalue weighted by molar-refractivity contribution is 5.69. The molecule has 2 heteroatoms. The summed E-state index contributed by atoms with van der Waals surface area (Å²) in [7, 11) is 0. The molecule has 3 aromatic rings. The summed E-state index contributed by atoms with van der Waals surface area (Å²) in [5.74, 6) is 0.478. The lowest BCUT2D eigenvalue weighted by Crippen LogP contribution is -2.27. The zero-order valence-electron chi connectivity index (χ0n) is 14.8. The van der Waals surface area contributed by atoms with E-state index < -0.39 is 0 Å². The maximum absolute atomic E-state index is 6.32. The van der Waals surface area contributed by atoms with Gasteiger partial charge in [0.05, 0.1) is 12.7 Å². The molecule has 130 valence electrons. The van der Waals surface area contributed by atoms with Crippen molar-refractivity contribution < 1.29 is 4.74 Å². The van der Waals surface area contributed by atoms with Crippen LogP contribution in [0.3, 0.4) is 0 Å². The van der Waals surface area contributed by atoms with Crippen molar-refractivity contribution in [1.29, 1.82) is 0 Å². The number of fused-ring (bicyclic) bond motifs is 3. The molecule has 1 saturated heterocycles. The molecule has 2 aliphatic heterocycles. The lowest BCUT2D eigenvalue weighted by Gasteiger charge is -2.29. The Kier molecular flexibility index (Phi) is 4.08. The largest absolute Gasteiger partial charge is 0.371 e. The van der Waals surface area contributed by atoms with Crippen molar-refractivity contribution in [3.63, 3.8) is 0 Å². The molecule has 0 aromatic heterocycles. The minimum atomic E-state index is 0.317. The fraction of sp³-hybridized carbons (Fsp3) is 0.250. The van der Waals surface area contributed by atoms with Crippen LogP contribution in [0.5, 0.6) is 0 Å². The quantitative estimate of drug-likeness (QED) is 0.675. The van der Waals surface area contributed by atoms with E-state index in [9.17, 15) is 0 Å². The number of likely N-dealkylation sites (tertiary alicyclic amines) is 1. The molecule has 2 heterocycles. The fourth-order valence-electron chi connectivity index (χ4n) is 4.48. The van der Waals surface area contributed by atoms with Gasteiger partial charge in [0.1, 0.15) is 0 Å². The second-order valence-electron chi connectivity index (χ2n) is 7.38. The Morgan fingerprint density at radius 3 is 2.38 bits per heavy atom. The van der Waals surface area contributed by atoms with Gasteiger partial charge in [0, 0.05) is 25.6 Å². The molecule has 0 spiro atoms. The van der Waals surface area contributed by atoms with E-state index in [2.05, 4.69) is 83.8 Å². The number of rotatable bonds is 3. The molecule has 0 N–H and O–H groups in total. The molecule has 2 unspecified atom stereocenters. The molecule has 3 aromatic carbocycles. The van der Waals surface area contributed by atoms with Crippen LogP contribution in [0.2, 0.25) is 0 Å². The Morgan fingerprint density at radius 1 is 0.808 bits per heavy atom. The summed E-state index contributed by atoms with van der Waals surface area (Å²) in [6.45, 7) is 3.82. The van der Waals surface area contributed by atoms with Gasteiger partial charge in [0.15, 0.2) is 0 Å². The van der Waals surface area contributed by atoms with Gasteiger partial charge in [-0.15, -0.1) is 0 Å². The molecule has 0 saturated carbocycles. The van der Waals surface area contributed by atoms with Gasteiger partial charge in [-0.25, -0.2) is 0 Å². The Bertz CT molecular complexity index is 891. The molecule has 26 heavy (non-hydrogen) atoms. The number of ether oxygens (including phenoxy) is 1. The van der Waals surface area contributed by atoms with Crippen LogP contribution in [0.1, 0.15) is 22.6 Å². The van der Waals surface area contributed by atoms with Gasteiger partial charge in [-0.1, -0.05) is 78.9 Å². The van der Waals surface area contributed by atoms with Gasteiger partial charge in [-0.3, -0.25) is 4.90 Å². The maximum Gasteiger partial charge on any atom is 0.0787 e. The summed E-state index contributed by atoms with van der Waals surface area (Å²) in [4.78, 5) is 2.54. The number of nitrogens with zero attached hydrogens (tertiary/aromatic N) is 1. The SMILES string of the molecule is c1ccc(CN2CC3OCc4c(-c5ccccc5)cccc4C3C2)cc1. The van der Waals surface area contributed by atoms with E-state index in [0.29, 0.717) is 12.0 Å². The van der Waals surface area contributed by atoms with Crippen LogP contribution >= 0.6 is 0 Å². The topological polar surface area (TPSA) is 12.5 Å². The maximum atomic E-state index is 6.32. The predicted octanol–water partition coefficient (Wildman–Crippen LogP) is 4.85. The Balaban J connectivity index is 1.43. The standard InChI is InChI=1S/C24H23NO/c1-3-8-18(9-4-1)14-25-15-22-21-13-7-12-20(19-10-5-2-6-11-19)23(21)17-26-24(22)16-25/h1-13,22,24H,14-17H2. The molecule has 1 fully saturated rings. The van der Waals surface area contributed by atoms with Crippen molar-refractivity contribution in [3.05, 3.63) is 95.6 Å². The molecule has 2 atom stereocenters. The summed E-state index contributed by atoms with van der Waals surface area (Å²) in [5.41, 5.74) is 6.85. The van der Waals surface area contributed by atoms with Gasteiger partial charge >= 0.3 is 0 Å². The van der Waals surface area contributed by atoms with E-state index in [1.165, 1.54) is 27.8 Å². The third-order valence-electron chi connectivity index (χ3n) is 5.73. The van der Waals surface area contributed by atoms with E-state index >= 15 is 0 Å². The average Bonchev–Trinajstić information content (AvgIpc) is 3.12. The van der Waals surface area contributed by atoms with Crippen molar-refractivity contribution in [3.8, 4) is 11.1 Å². The number of hydrogen-bond donors (Lipinski definition) is 0. The Hall–Kier alpha value is -2.42. The van der Waals surface area contributed by atoms with E-state index in [-0.39, 0.29) is 0 Å². The smallest absolute Gasteiger partial charge is 0.0787 e. The molecular formula is C24H23NO. The van der Waals surface area contributed by atoms with Crippen molar-refractivity contribution in [2.24, 2.45) is 0 Å². The lowest BCUT2D eigenvalue weighted by molar-refractivity contribution is 0.0252. The van der Waals surface area contributed by atoms with Crippen molar-refractivity contribution in [1.82, 2.24) is 4.90 Å².